The molecule has 0 spiro atoms. The standard InChI is InChI=1S/C17H24Cl2N2O2.ClH/c18-14-3-4-16(15(19)12-14)23-11-1-8-21-17(22)5-2-13-6-9-20-10-7-13;/h3-4,12-13,20H,1-2,5-11H2,(H,21,22);1H. The van der Waals surface area contributed by atoms with Gasteiger partial charge in [-0.25, -0.2) is 0 Å². The Morgan fingerprint density at radius 2 is 2.04 bits per heavy atom. The molecule has 1 saturated heterocycles. The Labute approximate surface area is 160 Å². The Bertz CT molecular complexity index is 509. The number of nitrogens with one attached hydrogen (secondary N) is 2. The van der Waals surface area contributed by atoms with Crippen LogP contribution in [0, 0.1) is 5.92 Å². The molecule has 1 fully saturated rings. The molecule has 0 aromatic heterocycles. The summed E-state index contributed by atoms with van der Waals surface area (Å²) in [6, 6.07) is 5.15. The van der Waals surface area contributed by atoms with Crippen molar-refractivity contribution < 1.29 is 9.53 Å². The Kier molecular flexibility index (Phi) is 10.5. The number of benzene rings is 1. The topological polar surface area (TPSA) is 50.4 Å². The van der Waals surface area contributed by atoms with Crippen LogP contribution in [0.2, 0.25) is 10.0 Å². The van der Waals surface area contributed by atoms with E-state index in [9.17, 15) is 4.79 Å². The van der Waals surface area contributed by atoms with Crippen LogP contribution in [0.3, 0.4) is 0 Å². The SMILES string of the molecule is Cl.O=C(CCC1CCNCC1)NCCCOc1ccc(Cl)cc1Cl. The zero-order chi connectivity index (χ0) is 16.5. The van der Waals surface area contributed by atoms with Gasteiger partial charge < -0.3 is 15.4 Å². The third-order valence-corrected chi connectivity index (χ3v) is 4.56. The summed E-state index contributed by atoms with van der Waals surface area (Å²) in [5.74, 6) is 1.44. The minimum Gasteiger partial charge on any atom is -0.492 e. The molecule has 136 valence electrons. The third kappa shape index (κ3) is 7.93. The van der Waals surface area contributed by atoms with Crippen molar-refractivity contribution in [2.45, 2.75) is 32.1 Å². The molecule has 0 atom stereocenters. The number of piperidine rings is 1. The molecule has 0 aliphatic carbocycles. The fourth-order valence-corrected chi connectivity index (χ4v) is 3.13. The lowest BCUT2D eigenvalue weighted by Gasteiger charge is -2.22. The van der Waals surface area contributed by atoms with Crippen molar-refractivity contribution in [1.29, 1.82) is 0 Å². The lowest BCUT2D eigenvalue weighted by molar-refractivity contribution is -0.121. The summed E-state index contributed by atoms with van der Waals surface area (Å²) in [5.41, 5.74) is 0. The van der Waals surface area contributed by atoms with Crippen LogP contribution in [-0.2, 0) is 4.79 Å². The molecule has 7 heteroatoms. The minimum absolute atomic E-state index is 0. The number of hydrogen-bond donors (Lipinski definition) is 2. The summed E-state index contributed by atoms with van der Waals surface area (Å²) in [4.78, 5) is 11.8. The molecular weight excluding hydrogens is 371 g/mol. The number of carbonyl (C=O) groups excluding carboxylic acids is 1. The smallest absolute Gasteiger partial charge is 0.220 e. The van der Waals surface area contributed by atoms with E-state index in [0.29, 0.717) is 41.3 Å². The van der Waals surface area contributed by atoms with Gasteiger partial charge in [0.2, 0.25) is 5.91 Å². The van der Waals surface area contributed by atoms with E-state index in [-0.39, 0.29) is 18.3 Å². The van der Waals surface area contributed by atoms with E-state index in [1.165, 1.54) is 12.8 Å². The first kappa shape index (κ1) is 21.4. The maximum absolute atomic E-state index is 11.8. The van der Waals surface area contributed by atoms with Crippen molar-refractivity contribution in [2.24, 2.45) is 5.92 Å². The Morgan fingerprint density at radius 1 is 1.29 bits per heavy atom. The molecule has 2 N–H and O–H groups in total. The molecule has 0 saturated carbocycles. The van der Waals surface area contributed by atoms with Gasteiger partial charge >= 0.3 is 0 Å². The summed E-state index contributed by atoms with van der Waals surface area (Å²) >= 11 is 11.9. The van der Waals surface area contributed by atoms with Crippen LogP contribution >= 0.6 is 35.6 Å². The highest BCUT2D eigenvalue weighted by Gasteiger charge is 2.14. The van der Waals surface area contributed by atoms with Crippen molar-refractivity contribution >= 4 is 41.5 Å². The van der Waals surface area contributed by atoms with Crippen LogP contribution < -0.4 is 15.4 Å². The molecule has 4 nitrogen and oxygen atoms in total. The summed E-state index contributed by atoms with van der Waals surface area (Å²) in [7, 11) is 0. The lowest BCUT2D eigenvalue weighted by atomic mass is 9.93. The Hall–Kier alpha value is -0.680. The van der Waals surface area contributed by atoms with Gasteiger partial charge in [-0.15, -0.1) is 12.4 Å². The molecule has 2 rings (SSSR count). The van der Waals surface area contributed by atoms with Gasteiger partial charge in [-0.3, -0.25) is 4.79 Å². The van der Waals surface area contributed by atoms with E-state index in [2.05, 4.69) is 10.6 Å². The van der Waals surface area contributed by atoms with Gasteiger partial charge in [-0.05, 0) is 62.9 Å². The van der Waals surface area contributed by atoms with Crippen molar-refractivity contribution in [3.8, 4) is 5.75 Å². The molecule has 1 aromatic rings. The second-order valence-corrected chi connectivity index (χ2v) is 6.70. The van der Waals surface area contributed by atoms with E-state index >= 15 is 0 Å². The number of hydrogen-bond acceptors (Lipinski definition) is 3. The average Bonchev–Trinajstić information content (AvgIpc) is 2.55. The maximum Gasteiger partial charge on any atom is 0.220 e. The summed E-state index contributed by atoms with van der Waals surface area (Å²) in [6.07, 6.45) is 4.73. The normalized spacial score (nSPS) is 14.8. The fraction of sp³-hybridized carbons (Fsp3) is 0.588. The third-order valence-electron chi connectivity index (χ3n) is 4.03. The highest BCUT2D eigenvalue weighted by molar-refractivity contribution is 6.35. The quantitative estimate of drug-likeness (QED) is 0.652. The molecule has 1 aliphatic rings. The van der Waals surface area contributed by atoms with Crippen molar-refractivity contribution in [3.05, 3.63) is 28.2 Å². The predicted molar refractivity (Wildman–Crippen MR) is 102 cm³/mol. The Balaban J connectivity index is 0.00000288. The zero-order valence-electron chi connectivity index (χ0n) is 13.7. The van der Waals surface area contributed by atoms with Gasteiger partial charge in [-0.1, -0.05) is 23.2 Å². The average molecular weight is 396 g/mol. The molecule has 1 amide bonds. The van der Waals surface area contributed by atoms with Crippen LogP contribution in [0.5, 0.6) is 5.75 Å². The number of ether oxygens (including phenoxy) is 1. The molecule has 24 heavy (non-hydrogen) atoms. The highest BCUT2D eigenvalue weighted by atomic mass is 35.5. The second kappa shape index (κ2) is 11.8. The van der Waals surface area contributed by atoms with Gasteiger partial charge in [0.05, 0.1) is 11.6 Å². The molecule has 1 heterocycles. The van der Waals surface area contributed by atoms with Gasteiger partial charge in [0.15, 0.2) is 0 Å². The second-order valence-electron chi connectivity index (χ2n) is 5.86. The summed E-state index contributed by atoms with van der Waals surface area (Å²) in [6.45, 7) is 3.29. The van der Waals surface area contributed by atoms with E-state index in [1.807, 2.05) is 0 Å². The van der Waals surface area contributed by atoms with Crippen LogP contribution in [0.1, 0.15) is 32.1 Å². The van der Waals surface area contributed by atoms with Crippen molar-refractivity contribution in [3.63, 3.8) is 0 Å². The monoisotopic (exact) mass is 394 g/mol. The number of amides is 1. The van der Waals surface area contributed by atoms with E-state index in [4.69, 9.17) is 27.9 Å². The molecule has 1 aromatic carbocycles. The number of rotatable bonds is 8. The summed E-state index contributed by atoms with van der Waals surface area (Å²) < 4.78 is 5.58. The van der Waals surface area contributed by atoms with Crippen LogP contribution in [-0.4, -0.2) is 32.1 Å². The van der Waals surface area contributed by atoms with E-state index in [1.54, 1.807) is 18.2 Å². The fourth-order valence-electron chi connectivity index (χ4n) is 2.67. The lowest BCUT2D eigenvalue weighted by Crippen LogP contribution is -2.30. The van der Waals surface area contributed by atoms with Crippen LogP contribution in [0.4, 0.5) is 0 Å². The molecule has 1 aliphatic heterocycles. The van der Waals surface area contributed by atoms with Crippen molar-refractivity contribution in [2.75, 3.05) is 26.2 Å². The van der Waals surface area contributed by atoms with E-state index < -0.39 is 0 Å². The first-order chi connectivity index (χ1) is 11.1. The molecule has 0 bridgehead atoms. The largest absolute Gasteiger partial charge is 0.492 e. The molecule has 0 unspecified atom stereocenters. The molecular formula is C17H25Cl3N2O2. The Morgan fingerprint density at radius 3 is 2.75 bits per heavy atom. The maximum atomic E-state index is 11.8. The van der Waals surface area contributed by atoms with Crippen LogP contribution in [0.15, 0.2) is 18.2 Å². The highest BCUT2D eigenvalue weighted by Crippen LogP contribution is 2.27. The zero-order valence-corrected chi connectivity index (χ0v) is 16.0. The van der Waals surface area contributed by atoms with Crippen LogP contribution in [0.25, 0.3) is 0 Å². The van der Waals surface area contributed by atoms with Gasteiger partial charge in [0.25, 0.3) is 0 Å². The van der Waals surface area contributed by atoms with Gasteiger partial charge in [-0.2, -0.15) is 0 Å². The predicted octanol–water partition coefficient (Wildman–Crippen LogP) is 4.08. The number of halogens is 3. The summed E-state index contributed by atoms with van der Waals surface area (Å²) in [5, 5.41) is 7.37. The van der Waals surface area contributed by atoms with Gasteiger partial charge in [0, 0.05) is 18.0 Å². The minimum atomic E-state index is 0. The van der Waals surface area contributed by atoms with Gasteiger partial charge in [0.1, 0.15) is 5.75 Å². The van der Waals surface area contributed by atoms with E-state index in [0.717, 1.165) is 25.9 Å². The van der Waals surface area contributed by atoms with Crippen molar-refractivity contribution in [1.82, 2.24) is 10.6 Å². The molecule has 0 radical (unpaired) electrons. The number of carbonyl (C=O) groups is 1. The first-order valence-electron chi connectivity index (χ1n) is 8.20. The first-order valence-corrected chi connectivity index (χ1v) is 8.96.